The zero-order valence-electron chi connectivity index (χ0n) is 15.9. The van der Waals surface area contributed by atoms with Crippen LogP contribution in [-0.2, 0) is 31.0 Å². The van der Waals surface area contributed by atoms with Gasteiger partial charge in [0, 0.05) is 44.4 Å². The van der Waals surface area contributed by atoms with Crippen LogP contribution < -0.4 is 0 Å². The Bertz CT molecular complexity index is 848. The van der Waals surface area contributed by atoms with Gasteiger partial charge in [-0.2, -0.15) is 5.10 Å². The average molecular weight is 371 g/mol. The van der Waals surface area contributed by atoms with E-state index in [1.807, 2.05) is 28.8 Å². The van der Waals surface area contributed by atoms with Crippen LogP contribution in [0.5, 0.6) is 0 Å². The molecule has 2 aromatic rings. The molecule has 0 radical (unpaired) electrons. The molecule has 0 unspecified atom stereocenters. The summed E-state index contributed by atoms with van der Waals surface area (Å²) in [7, 11) is 3.61. The summed E-state index contributed by atoms with van der Waals surface area (Å²) in [5.74, 6) is -0.124. The van der Waals surface area contributed by atoms with Gasteiger partial charge in [0.05, 0.1) is 6.10 Å². The standard InChI is InChI=1S/C21H26FN3O2/c1-24-18-9-5-7-16(18)20(23-24)21(26)25-11-10-19(27-2)15(13-25)12-14-6-3-4-8-17(14)22/h3-4,6,8,15,19H,5,7,9-13H2,1-2H3/t15-,19-/m1/s1. The van der Waals surface area contributed by atoms with Gasteiger partial charge in [0.25, 0.3) is 5.91 Å². The predicted octanol–water partition coefficient (Wildman–Crippen LogP) is 2.77. The van der Waals surface area contributed by atoms with Gasteiger partial charge >= 0.3 is 0 Å². The molecule has 1 aromatic heterocycles. The second kappa shape index (κ2) is 7.43. The Morgan fingerprint density at radius 2 is 2.15 bits per heavy atom. The Morgan fingerprint density at radius 3 is 2.93 bits per heavy atom. The Kier molecular flexibility index (Phi) is 5.00. The number of nitrogens with zero attached hydrogens (tertiary/aromatic N) is 3. The van der Waals surface area contributed by atoms with Gasteiger partial charge in [0.15, 0.2) is 5.69 Å². The van der Waals surface area contributed by atoms with E-state index in [2.05, 4.69) is 5.10 Å². The van der Waals surface area contributed by atoms with Gasteiger partial charge in [0.2, 0.25) is 0 Å². The van der Waals surface area contributed by atoms with E-state index in [-0.39, 0.29) is 23.7 Å². The third-order valence-electron chi connectivity index (χ3n) is 6.01. The lowest BCUT2D eigenvalue weighted by Crippen LogP contribution is -2.47. The van der Waals surface area contributed by atoms with Gasteiger partial charge < -0.3 is 9.64 Å². The number of fused-ring (bicyclic) bond motifs is 1. The molecule has 2 heterocycles. The fourth-order valence-corrected chi connectivity index (χ4v) is 4.58. The number of rotatable bonds is 4. The number of carbonyl (C=O) groups is 1. The number of ether oxygens (including phenoxy) is 1. The van der Waals surface area contributed by atoms with Crippen molar-refractivity contribution in [1.82, 2.24) is 14.7 Å². The highest BCUT2D eigenvalue weighted by molar-refractivity contribution is 5.94. The molecule has 6 heteroatoms. The number of amides is 1. The first-order chi connectivity index (χ1) is 13.1. The monoisotopic (exact) mass is 371 g/mol. The lowest BCUT2D eigenvalue weighted by Gasteiger charge is -2.38. The molecule has 2 aliphatic rings. The first-order valence-electron chi connectivity index (χ1n) is 9.68. The molecule has 1 aromatic carbocycles. The van der Waals surface area contributed by atoms with Crippen molar-refractivity contribution in [3.63, 3.8) is 0 Å². The number of hydrogen-bond acceptors (Lipinski definition) is 3. The van der Waals surface area contributed by atoms with Crippen molar-refractivity contribution in [2.24, 2.45) is 13.0 Å². The predicted molar refractivity (Wildman–Crippen MR) is 100 cm³/mol. The first-order valence-corrected chi connectivity index (χ1v) is 9.68. The first kappa shape index (κ1) is 18.2. The van der Waals surface area contributed by atoms with Crippen molar-refractivity contribution in [1.29, 1.82) is 0 Å². The fraction of sp³-hybridized carbons (Fsp3) is 0.524. The minimum Gasteiger partial charge on any atom is -0.381 e. The molecule has 144 valence electrons. The van der Waals surface area contributed by atoms with Crippen LogP contribution in [0.2, 0.25) is 0 Å². The lowest BCUT2D eigenvalue weighted by atomic mass is 9.88. The summed E-state index contributed by atoms with van der Waals surface area (Å²) < 4.78 is 21.6. The van der Waals surface area contributed by atoms with Gasteiger partial charge in [-0.15, -0.1) is 0 Å². The summed E-state index contributed by atoms with van der Waals surface area (Å²) in [6, 6.07) is 6.85. The molecule has 1 fully saturated rings. The number of likely N-dealkylation sites (tertiary alicyclic amines) is 1. The zero-order valence-corrected chi connectivity index (χ0v) is 15.9. The molecule has 4 rings (SSSR count). The average Bonchev–Trinajstić information content (AvgIpc) is 3.27. The Morgan fingerprint density at radius 1 is 1.33 bits per heavy atom. The molecule has 0 N–H and O–H groups in total. The number of hydrogen-bond donors (Lipinski definition) is 0. The maximum absolute atomic E-state index is 14.1. The van der Waals surface area contributed by atoms with E-state index in [0.29, 0.717) is 30.8 Å². The van der Waals surface area contributed by atoms with Crippen LogP contribution in [-0.4, -0.2) is 46.9 Å². The van der Waals surface area contributed by atoms with Gasteiger partial charge in [-0.05, 0) is 43.7 Å². The van der Waals surface area contributed by atoms with Crippen molar-refractivity contribution in [2.75, 3.05) is 20.2 Å². The topological polar surface area (TPSA) is 47.4 Å². The van der Waals surface area contributed by atoms with E-state index in [9.17, 15) is 9.18 Å². The van der Waals surface area contributed by atoms with Crippen molar-refractivity contribution in [2.45, 2.75) is 38.2 Å². The summed E-state index contributed by atoms with van der Waals surface area (Å²) in [5, 5.41) is 4.50. The normalized spacial score (nSPS) is 22.1. The van der Waals surface area contributed by atoms with Crippen molar-refractivity contribution < 1.29 is 13.9 Å². The molecule has 27 heavy (non-hydrogen) atoms. The number of methoxy groups -OCH3 is 1. The van der Waals surface area contributed by atoms with E-state index in [0.717, 1.165) is 31.2 Å². The van der Waals surface area contributed by atoms with Crippen molar-refractivity contribution >= 4 is 5.91 Å². The van der Waals surface area contributed by atoms with E-state index in [1.54, 1.807) is 13.2 Å². The fourth-order valence-electron chi connectivity index (χ4n) is 4.58. The van der Waals surface area contributed by atoms with E-state index < -0.39 is 0 Å². The molecular formula is C21H26FN3O2. The summed E-state index contributed by atoms with van der Waals surface area (Å²) in [6.45, 7) is 1.22. The van der Waals surface area contributed by atoms with Crippen LogP contribution in [0.25, 0.3) is 0 Å². The minimum atomic E-state index is -0.196. The molecule has 1 saturated heterocycles. The summed E-state index contributed by atoms with van der Waals surface area (Å²) in [6.07, 6.45) is 4.36. The number of aryl methyl sites for hydroxylation is 1. The Balaban J connectivity index is 1.54. The quantitative estimate of drug-likeness (QED) is 0.830. The smallest absolute Gasteiger partial charge is 0.274 e. The van der Waals surface area contributed by atoms with Gasteiger partial charge in [-0.3, -0.25) is 9.48 Å². The number of halogens is 1. The largest absolute Gasteiger partial charge is 0.381 e. The molecule has 1 aliphatic carbocycles. The Labute approximate surface area is 159 Å². The number of carbonyl (C=O) groups excluding carboxylic acids is 1. The van der Waals surface area contributed by atoms with Crippen LogP contribution in [0.15, 0.2) is 24.3 Å². The minimum absolute atomic E-state index is 0.00170. The van der Waals surface area contributed by atoms with Crippen LogP contribution in [0.3, 0.4) is 0 Å². The van der Waals surface area contributed by atoms with Gasteiger partial charge in [0.1, 0.15) is 5.82 Å². The highest BCUT2D eigenvalue weighted by Gasteiger charge is 2.35. The number of piperidine rings is 1. The molecular weight excluding hydrogens is 345 g/mol. The van der Waals surface area contributed by atoms with Crippen LogP contribution >= 0.6 is 0 Å². The Hall–Kier alpha value is -2.21. The maximum Gasteiger partial charge on any atom is 0.274 e. The third kappa shape index (κ3) is 3.38. The SMILES string of the molecule is CO[C@@H]1CCN(C(=O)c2nn(C)c3c2CCC3)C[C@H]1Cc1ccccc1F. The number of benzene rings is 1. The molecule has 0 spiro atoms. The van der Waals surface area contributed by atoms with Gasteiger partial charge in [-0.1, -0.05) is 18.2 Å². The number of aromatic nitrogens is 2. The van der Waals surface area contributed by atoms with Crippen LogP contribution in [0.1, 0.15) is 40.2 Å². The summed E-state index contributed by atoms with van der Waals surface area (Å²) in [5.41, 5.74) is 3.58. The second-order valence-electron chi connectivity index (χ2n) is 7.62. The van der Waals surface area contributed by atoms with E-state index in [1.165, 1.54) is 11.8 Å². The molecule has 2 atom stereocenters. The molecule has 5 nitrogen and oxygen atoms in total. The maximum atomic E-state index is 14.1. The molecule has 1 aliphatic heterocycles. The van der Waals surface area contributed by atoms with E-state index in [4.69, 9.17) is 4.74 Å². The van der Waals surface area contributed by atoms with Crippen LogP contribution in [0, 0.1) is 11.7 Å². The molecule has 0 saturated carbocycles. The summed E-state index contributed by atoms with van der Waals surface area (Å²) in [4.78, 5) is 15.0. The highest BCUT2D eigenvalue weighted by atomic mass is 19.1. The lowest BCUT2D eigenvalue weighted by molar-refractivity contribution is -0.00343. The molecule has 0 bridgehead atoms. The van der Waals surface area contributed by atoms with Crippen molar-refractivity contribution in [3.05, 3.63) is 52.6 Å². The van der Waals surface area contributed by atoms with Gasteiger partial charge in [-0.25, -0.2) is 4.39 Å². The highest BCUT2D eigenvalue weighted by Crippen LogP contribution is 2.29. The third-order valence-corrected chi connectivity index (χ3v) is 6.01. The second-order valence-corrected chi connectivity index (χ2v) is 7.62. The molecule has 1 amide bonds. The van der Waals surface area contributed by atoms with Crippen molar-refractivity contribution in [3.8, 4) is 0 Å². The summed E-state index contributed by atoms with van der Waals surface area (Å²) >= 11 is 0. The zero-order chi connectivity index (χ0) is 19.0. The van der Waals surface area contributed by atoms with Crippen LogP contribution in [0.4, 0.5) is 4.39 Å². The van der Waals surface area contributed by atoms with E-state index >= 15 is 0 Å².